The SMILES string of the molecule is CCCCN1CC(Cc2ccccc2)Oc2ccc(O)cc21. The van der Waals surface area contributed by atoms with Crippen LogP contribution in [0.2, 0.25) is 0 Å². The fourth-order valence-electron chi connectivity index (χ4n) is 2.96. The third-order valence-corrected chi connectivity index (χ3v) is 4.09. The zero-order chi connectivity index (χ0) is 15.4. The van der Waals surface area contributed by atoms with E-state index >= 15 is 0 Å². The van der Waals surface area contributed by atoms with Gasteiger partial charge >= 0.3 is 0 Å². The van der Waals surface area contributed by atoms with Crippen LogP contribution >= 0.6 is 0 Å². The van der Waals surface area contributed by atoms with Crippen LogP contribution in [-0.4, -0.2) is 24.3 Å². The van der Waals surface area contributed by atoms with E-state index in [1.807, 2.05) is 18.2 Å². The summed E-state index contributed by atoms with van der Waals surface area (Å²) in [7, 11) is 0. The lowest BCUT2D eigenvalue weighted by Gasteiger charge is -2.36. The molecule has 3 nitrogen and oxygen atoms in total. The van der Waals surface area contributed by atoms with Crippen molar-refractivity contribution < 1.29 is 9.84 Å². The second-order valence-electron chi connectivity index (χ2n) is 5.88. The van der Waals surface area contributed by atoms with Gasteiger partial charge in [0.2, 0.25) is 0 Å². The molecule has 0 fully saturated rings. The number of hydrogen-bond acceptors (Lipinski definition) is 3. The molecular weight excluding hydrogens is 274 g/mol. The maximum Gasteiger partial charge on any atom is 0.143 e. The molecule has 3 rings (SSSR count). The van der Waals surface area contributed by atoms with Gasteiger partial charge in [0.25, 0.3) is 0 Å². The highest BCUT2D eigenvalue weighted by Crippen LogP contribution is 2.36. The molecule has 1 heterocycles. The first-order chi connectivity index (χ1) is 10.8. The number of rotatable bonds is 5. The minimum absolute atomic E-state index is 0.149. The molecular formula is C19H23NO2. The number of unbranched alkanes of at least 4 members (excludes halogenated alkanes) is 1. The lowest BCUT2D eigenvalue weighted by Crippen LogP contribution is -2.41. The standard InChI is InChI=1S/C19H23NO2/c1-2-3-11-20-14-17(12-15-7-5-4-6-8-15)22-19-10-9-16(21)13-18(19)20/h4-10,13,17,21H,2-3,11-12,14H2,1H3. The van der Waals surface area contributed by atoms with E-state index in [9.17, 15) is 5.11 Å². The molecule has 0 spiro atoms. The molecule has 2 aromatic rings. The molecule has 22 heavy (non-hydrogen) atoms. The zero-order valence-corrected chi connectivity index (χ0v) is 13.0. The van der Waals surface area contributed by atoms with E-state index < -0.39 is 0 Å². The van der Waals surface area contributed by atoms with E-state index in [-0.39, 0.29) is 6.10 Å². The number of anilines is 1. The van der Waals surface area contributed by atoms with Crippen molar-refractivity contribution in [2.45, 2.75) is 32.3 Å². The summed E-state index contributed by atoms with van der Waals surface area (Å²) in [5.74, 6) is 1.17. The van der Waals surface area contributed by atoms with Crippen molar-refractivity contribution in [3.63, 3.8) is 0 Å². The molecule has 1 atom stereocenters. The Labute approximate surface area is 132 Å². The maximum absolute atomic E-state index is 9.75. The van der Waals surface area contributed by atoms with Crippen LogP contribution in [0.4, 0.5) is 5.69 Å². The van der Waals surface area contributed by atoms with E-state index in [1.54, 1.807) is 6.07 Å². The predicted molar refractivity (Wildman–Crippen MR) is 89.8 cm³/mol. The average molecular weight is 297 g/mol. The summed E-state index contributed by atoms with van der Waals surface area (Å²) >= 11 is 0. The van der Waals surface area contributed by atoms with Gasteiger partial charge in [-0.1, -0.05) is 43.7 Å². The minimum atomic E-state index is 0.149. The summed E-state index contributed by atoms with van der Waals surface area (Å²) in [6.45, 7) is 4.07. The van der Waals surface area contributed by atoms with Gasteiger partial charge in [0.15, 0.2) is 0 Å². The van der Waals surface area contributed by atoms with Gasteiger partial charge in [0.1, 0.15) is 17.6 Å². The van der Waals surface area contributed by atoms with Crippen molar-refractivity contribution in [3.05, 3.63) is 54.1 Å². The molecule has 0 saturated heterocycles. The first-order valence-corrected chi connectivity index (χ1v) is 8.05. The topological polar surface area (TPSA) is 32.7 Å². The summed E-state index contributed by atoms with van der Waals surface area (Å²) in [5.41, 5.74) is 2.31. The number of benzene rings is 2. The van der Waals surface area contributed by atoms with Crippen LogP contribution in [-0.2, 0) is 6.42 Å². The Hall–Kier alpha value is -2.16. The van der Waals surface area contributed by atoms with Crippen LogP contribution in [0.15, 0.2) is 48.5 Å². The molecule has 1 N–H and O–H groups in total. The Bertz CT molecular complexity index is 612. The molecule has 0 aromatic heterocycles. The van der Waals surface area contributed by atoms with Gasteiger partial charge in [-0.05, 0) is 24.1 Å². The number of phenolic OH excluding ortho intramolecular Hbond substituents is 1. The van der Waals surface area contributed by atoms with Gasteiger partial charge in [-0.25, -0.2) is 0 Å². The van der Waals surface area contributed by atoms with E-state index in [2.05, 4.69) is 36.1 Å². The fourth-order valence-corrected chi connectivity index (χ4v) is 2.96. The number of hydrogen-bond donors (Lipinski definition) is 1. The van der Waals surface area contributed by atoms with Gasteiger partial charge in [-0.3, -0.25) is 0 Å². The Morgan fingerprint density at radius 3 is 2.77 bits per heavy atom. The van der Waals surface area contributed by atoms with Gasteiger partial charge in [0.05, 0.1) is 12.2 Å². The number of aromatic hydroxyl groups is 1. The second kappa shape index (κ2) is 6.73. The van der Waals surface area contributed by atoms with Crippen LogP contribution in [0, 0.1) is 0 Å². The lowest BCUT2D eigenvalue weighted by atomic mass is 10.0. The molecule has 0 radical (unpaired) electrons. The van der Waals surface area contributed by atoms with Gasteiger partial charge < -0.3 is 14.7 Å². The van der Waals surface area contributed by atoms with E-state index in [4.69, 9.17) is 4.74 Å². The molecule has 0 aliphatic carbocycles. The lowest BCUT2D eigenvalue weighted by molar-refractivity contribution is 0.193. The fraction of sp³-hybridized carbons (Fsp3) is 0.368. The van der Waals surface area contributed by atoms with Crippen molar-refractivity contribution >= 4 is 5.69 Å². The largest absolute Gasteiger partial charge is 0.508 e. The van der Waals surface area contributed by atoms with Crippen LogP contribution in [0.5, 0.6) is 11.5 Å². The first kappa shape index (κ1) is 14.8. The normalized spacial score (nSPS) is 17.0. The Morgan fingerprint density at radius 1 is 1.18 bits per heavy atom. The number of phenols is 1. The molecule has 0 amide bonds. The summed E-state index contributed by atoms with van der Waals surface area (Å²) in [6, 6.07) is 15.8. The summed E-state index contributed by atoms with van der Waals surface area (Å²) in [4.78, 5) is 2.34. The van der Waals surface area contributed by atoms with Crippen molar-refractivity contribution in [2.75, 3.05) is 18.0 Å². The second-order valence-corrected chi connectivity index (χ2v) is 5.88. The maximum atomic E-state index is 9.75. The number of fused-ring (bicyclic) bond motifs is 1. The molecule has 2 aromatic carbocycles. The zero-order valence-electron chi connectivity index (χ0n) is 13.0. The molecule has 0 saturated carbocycles. The molecule has 1 aliphatic heterocycles. The van der Waals surface area contributed by atoms with Gasteiger partial charge in [-0.2, -0.15) is 0 Å². The highest BCUT2D eigenvalue weighted by molar-refractivity contribution is 5.63. The number of nitrogens with zero attached hydrogens (tertiary/aromatic N) is 1. The van der Waals surface area contributed by atoms with Crippen molar-refractivity contribution in [1.29, 1.82) is 0 Å². The third-order valence-electron chi connectivity index (χ3n) is 4.09. The Kier molecular flexibility index (Phi) is 4.52. The van der Waals surface area contributed by atoms with Crippen LogP contribution in [0.1, 0.15) is 25.3 Å². The summed E-state index contributed by atoms with van der Waals surface area (Å²) in [5, 5.41) is 9.75. The van der Waals surface area contributed by atoms with Gasteiger partial charge in [0, 0.05) is 19.0 Å². The summed E-state index contributed by atoms with van der Waals surface area (Å²) < 4.78 is 6.15. The van der Waals surface area contributed by atoms with Crippen LogP contribution in [0.3, 0.4) is 0 Å². The van der Waals surface area contributed by atoms with Crippen LogP contribution < -0.4 is 9.64 Å². The first-order valence-electron chi connectivity index (χ1n) is 8.05. The molecule has 3 heteroatoms. The molecule has 1 unspecified atom stereocenters. The average Bonchev–Trinajstić information content (AvgIpc) is 2.54. The monoisotopic (exact) mass is 297 g/mol. The number of ether oxygens (including phenoxy) is 1. The predicted octanol–water partition coefficient (Wildman–Crippen LogP) is 4.00. The molecule has 1 aliphatic rings. The molecule has 0 bridgehead atoms. The van der Waals surface area contributed by atoms with E-state index in [1.165, 1.54) is 5.56 Å². The van der Waals surface area contributed by atoms with Crippen molar-refractivity contribution in [3.8, 4) is 11.5 Å². The van der Waals surface area contributed by atoms with Gasteiger partial charge in [-0.15, -0.1) is 0 Å². The van der Waals surface area contributed by atoms with Crippen molar-refractivity contribution in [1.82, 2.24) is 0 Å². The minimum Gasteiger partial charge on any atom is -0.508 e. The Morgan fingerprint density at radius 2 is 2.00 bits per heavy atom. The highest BCUT2D eigenvalue weighted by atomic mass is 16.5. The molecule has 116 valence electrons. The quantitative estimate of drug-likeness (QED) is 0.905. The Balaban J connectivity index is 1.80. The third kappa shape index (κ3) is 3.35. The smallest absolute Gasteiger partial charge is 0.143 e. The highest BCUT2D eigenvalue weighted by Gasteiger charge is 2.25. The summed E-state index contributed by atoms with van der Waals surface area (Å²) in [6.07, 6.45) is 3.36. The van der Waals surface area contributed by atoms with E-state index in [0.717, 1.165) is 43.8 Å². The van der Waals surface area contributed by atoms with E-state index in [0.29, 0.717) is 5.75 Å². The van der Waals surface area contributed by atoms with Crippen molar-refractivity contribution in [2.24, 2.45) is 0 Å². The van der Waals surface area contributed by atoms with Crippen LogP contribution in [0.25, 0.3) is 0 Å².